The van der Waals surface area contributed by atoms with Gasteiger partial charge in [0.15, 0.2) is 5.96 Å². The summed E-state index contributed by atoms with van der Waals surface area (Å²) in [6.45, 7) is 2.19. The molecule has 0 amide bonds. The first-order valence-corrected chi connectivity index (χ1v) is 10.4. The number of aliphatic imine (C=N–C) groups is 1. The Morgan fingerprint density at radius 2 is 2.08 bits per heavy atom. The van der Waals surface area contributed by atoms with E-state index in [0.29, 0.717) is 16.8 Å². The molecule has 0 bridgehead atoms. The molecule has 0 aromatic carbocycles. The van der Waals surface area contributed by atoms with Crippen LogP contribution in [0.3, 0.4) is 0 Å². The third-order valence-corrected chi connectivity index (χ3v) is 6.78. The van der Waals surface area contributed by atoms with Gasteiger partial charge in [-0.1, -0.05) is 6.92 Å². The third-order valence-electron chi connectivity index (χ3n) is 4.01. The van der Waals surface area contributed by atoms with Crippen LogP contribution < -0.4 is 10.6 Å². The smallest absolute Gasteiger partial charge is 0.354 e. The maximum atomic E-state index is 12.6. The van der Waals surface area contributed by atoms with Crippen LogP contribution in [0, 0.1) is 0 Å². The Morgan fingerprint density at radius 1 is 1.42 bits per heavy atom. The lowest BCUT2D eigenvalue weighted by Gasteiger charge is -2.32. The van der Waals surface area contributed by atoms with Crippen LogP contribution in [0.1, 0.15) is 29.7 Å². The molecule has 0 radical (unpaired) electrons. The Kier molecular flexibility index (Phi) is 6.86. The highest BCUT2D eigenvalue weighted by atomic mass is 32.2. The molecule has 0 aliphatic carbocycles. The second-order valence-corrected chi connectivity index (χ2v) is 8.90. The molecule has 1 aliphatic rings. The van der Waals surface area contributed by atoms with Crippen molar-refractivity contribution >= 4 is 27.3 Å². The second-order valence-electron chi connectivity index (χ2n) is 5.77. The van der Waals surface area contributed by atoms with Gasteiger partial charge in [0.05, 0.1) is 6.54 Å². The predicted octanol–water partition coefficient (Wildman–Crippen LogP) is 1.68. The van der Waals surface area contributed by atoms with Gasteiger partial charge in [-0.15, -0.1) is 11.3 Å². The zero-order valence-corrected chi connectivity index (χ0v) is 16.1. The standard InChI is InChI=1S/C14H22F3N5O2S2/c1-3-11-8-19-12(25-11)9-20-13(18-2)21-10-4-6-22(7-5-10)26(23,24)14(15,16)17/h8,10H,3-7,9H2,1-2H3,(H2,18,20,21). The maximum absolute atomic E-state index is 12.6. The van der Waals surface area contributed by atoms with Gasteiger partial charge in [0, 0.05) is 37.3 Å². The Labute approximate surface area is 154 Å². The van der Waals surface area contributed by atoms with Gasteiger partial charge >= 0.3 is 15.5 Å². The molecule has 2 rings (SSSR count). The largest absolute Gasteiger partial charge is 0.511 e. The number of halogens is 3. The molecule has 0 saturated carbocycles. The minimum absolute atomic E-state index is 0.150. The van der Waals surface area contributed by atoms with Crippen molar-refractivity contribution in [2.24, 2.45) is 4.99 Å². The van der Waals surface area contributed by atoms with E-state index in [2.05, 4.69) is 27.5 Å². The van der Waals surface area contributed by atoms with Crippen LogP contribution in [0.5, 0.6) is 0 Å². The van der Waals surface area contributed by atoms with Crippen molar-refractivity contribution in [3.63, 3.8) is 0 Å². The van der Waals surface area contributed by atoms with Gasteiger partial charge in [-0.3, -0.25) is 4.99 Å². The molecule has 2 heterocycles. The maximum Gasteiger partial charge on any atom is 0.511 e. The van der Waals surface area contributed by atoms with Crippen LogP contribution in [0.15, 0.2) is 11.2 Å². The van der Waals surface area contributed by atoms with Crippen LogP contribution in [0.25, 0.3) is 0 Å². The van der Waals surface area contributed by atoms with E-state index in [1.54, 1.807) is 18.4 Å². The number of nitrogens with one attached hydrogen (secondary N) is 2. The molecule has 1 aromatic heterocycles. The molecular weight excluding hydrogens is 391 g/mol. The van der Waals surface area contributed by atoms with E-state index < -0.39 is 15.5 Å². The summed E-state index contributed by atoms with van der Waals surface area (Å²) >= 11 is 1.60. The number of guanidine groups is 1. The van der Waals surface area contributed by atoms with Crippen LogP contribution >= 0.6 is 11.3 Å². The molecule has 26 heavy (non-hydrogen) atoms. The molecule has 0 atom stereocenters. The van der Waals surface area contributed by atoms with Crippen molar-refractivity contribution in [1.29, 1.82) is 0 Å². The second kappa shape index (κ2) is 8.53. The molecule has 148 valence electrons. The fourth-order valence-corrected chi connectivity index (χ4v) is 4.31. The van der Waals surface area contributed by atoms with Crippen molar-refractivity contribution in [3.8, 4) is 0 Å². The SMILES string of the molecule is CCc1cnc(CNC(=NC)NC2CCN(S(=O)(=O)C(F)(F)F)CC2)s1. The molecule has 2 N–H and O–H groups in total. The lowest BCUT2D eigenvalue weighted by Crippen LogP contribution is -2.51. The van der Waals surface area contributed by atoms with E-state index >= 15 is 0 Å². The number of rotatable bonds is 5. The predicted molar refractivity (Wildman–Crippen MR) is 94.4 cm³/mol. The Balaban J connectivity index is 1.83. The molecule has 1 fully saturated rings. The fourth-order valence-electron chi connectivity index (χ4n) is 2.53. The van der Waals surface area contributed by atoms with Gasteiger partial charge in [-0.05, 0) is 19.3 Å². The number of aryl methyl sites for hydroxylation is 1. The lowest BCUT2D eigenvalue weighted by atomic mass is 10.1. The quantitative estimate of drug-likeness (QED) is 0.567. The van der Waals surface area contributed by atoms with Crippen molar-refractivity contribution in [2.75, 3.05) is 20.1 Å². The van der Waals surface area contributed by atoms with Gasteiger partial charge in [0.1, 0.15) is 5.01 Å². The lowest BCUT2D eigenvalue weighted by molar-refractivity contribution is -0.0494. The van der Waals surface area contributed by atoms with Crippen molar-refractivity contribution in [2.45, 2.75) is 44.3 Å². The summed E-state index contributed by atoms with van der Waals surface area (Å²) in [6.07, 6.45) is 3.29. The summed E-state index contributed by atoms with van der Waals surface area (Å²) < 4.78 is 61.1. The number of aromatic nitrogens is 1. The number of hydrogen-bond acceptors (Lipinski definition) is 5. The zero-order valence-electron chi connectivity index (χ0n) is 14.5. The Hall–Kier alpha value is -1.40. The average Bonchev–Trinajstić information content (AvgIpc) is 3.06. The van der Waals surface area contributed by atoms with Crippen molar-refractivity contribution in [3.05, 3.63) is 16.1 Å². The summed E-state index contributed by atoms with van der Waals surface area (Å²) in [5.74, 6) is 0.510. The number of thiazole rings is 1. The molecule has 0 unspecified atom stereocenters. The van der Waals surface area contributed by atoms with Gasteiger partial charge in [0.2, 0.25) is 0 Å². The fraction of sp³-hybridized carbons (Fsp3) is 0.714. The molecular formula is C14H22F3N5O2S2. The monoisotopic (exact) mass is 413 g/mol. The molecule has 0 spiro atoms. The highest BCUT2D eigenvalue weighted by Gasteiger charge is 2.50. The third kappa shape index (κ3) is 5.07. The van der Waals surface area contributed by atoms with E-state index in [4.69, 9.17) is 0 Å². The number of alkyl halides is 3. The number of sulfonamides is 1. The van der Waals surface area contributed by atoms with Gasteiger partial charge in [-0.2, -0.15) is 17.5 Å². The van der Waals surface area contributed by atoms with Gasteiger partial charge in [0.25, 0.3) is 0 Å². The summed E-state index contributed by atoms with van der Waals surface area (Å²) in [5, 5.41) is 7.14. The van der Waals surface area contributed by atoms with Crippen LogP contribution in [-0.2, 0) is 23.0 Å². The van der Waals surface area contributed by atoms with E-state index in [9.17, 15) is 21.6 Å². The van der Waals surface area contributed by atoms with E-state index in [0.717, 1.165) is 11.4 Å². The number of hydrogen-bond donors (Lipinski definition) is 2. The van der Waals surface area contributed by atoms with Gasteiger partial charge < -0.3 is 10.6 Å². The highest BCUT2D eigenvalue weighted by Crippen LogP contribution is 2.28. The van der Waals surface area contributed by atoms with E-state index in [-0.39, 0.29) is 32.0 Å². The summed E-state index contributed by atoms with van der Waals surface area (Å²) in [7, 11) is -3.66. The molecule has 1 saturated heterocycles. The Bertz CT molecular complexity index is 725. The van der Waals surface area contributed by atoms with Crippen molar-refractivity contribution in [1.82, 2.24) is 19.9 Å². The molecule has 12 heteroatoms. The minimum Gasteiger partial charge on any atom is -0.354 e. The van der Waals surface area contributed by atoms with Crippen LogP contribution in [0.4, 0.5) is 13.2 Å². The summed E-state index contributed by atoms with van der Waals surface area (Å²) in [6, 6.07) is -0.150. The van der Waals surface area contributed by atoms with Crippen LogP contribution in [-0.4, -0.2) is 55.4 Å². The van der Waals surface area contributed by atoms with Crippen molar-refractivity contribution < 1.29 is 21.6 Å². The molecule has 1 aliphatic heterocycles. The first-order chi connectivity index (χ1) is 12.2. The van der Waals surface area contributed by atoms with E-state index in [1.807, 2.05) is 6.20 Å². The number of piperidine rings is 1. The minimum atomic E-state index is -5.25. The summed E-state index contributed by atoms with van der Waals surface area (Å²) in [4.78, 5) is 9.57. The zero-order chi connectivity index (χ0) is 19.4. The van der Waals surface area contributed by atoms with Crippen LogP contribution in [0.2, 0.25) is 0 Å². The molecule has 1 aromatic rings. The topological polar surface area (TPSA) is 86.7 Å². The normalized spacial score (nSPS) is 18.1. The van der Waals surface area contributed by atoms with Gasteiger partial charge in [-0.25, -0.2) is 13.4 Å². The average molecular weight is 413 g/mol. The molecule has 7 nitrogen and oxygen atoms in total. The first kappa shape index (κ1) is 20.9. The first-order valence-electron chi connectivity index (χ1n) is 8.14. The highest BCUT2D eigenvalue weighted by molar-refractivity contribution is 7.90. The summed E-state index contributed by atoms with van der Waals surface area (Å²) in [5.41, 5.74) is -5.25. The Morgan fingerprint density at radius 3 is 2.58 bits per heavy atom. The number of nitrogens with zero attached hydrogens (tertiary/aromatic N) is 3. The van der Waals surface area contributed by atoms with E-state index in [1.165, 1.54) is 4.88 Å².